The monoisotopic (exact) mass is 313 g/mol. The highest BCUT2D eigenvalue weighted by Crippen LogP contribution is 2.38. The summed E-state index contributed by atoms with van der Waals surface area (Å²) in [6, 6.07) is 14.1. The molecule has 0 atom stereocenters. The fourth-order valence-electron chi connectivity index (χ4n) is 3.32. The predicted molar refractivity (Wildman–Crippen MR) is 96.1 cm³/mol. The van der Waals surface area contributed by atoms with Crippen molar-refractivity contribution in [1.82, 2.24) is 0 Å². The van der Waals surface area contributed by atoms with Crippen LogP contribution in [0.2, 0.25) is 0 Å². The van der Waals surface area contributed by atoms with Gasteiger partial charge in [0.1, 0.15) is 18.2 Å². The van der Waals surface area contributed by atoms with Gasteiger partial charge in [-0.25, -0.2) is 9.41 Å². The fraction of sp³-hybridized carbons (Fsp3) is 0.143. The Bertz CT molecular complexity index is 1150. The lowest BCUT2D eigenvalue weighted by Gasteiger charge is -2.05. The molecule has 2 heterocycles. The van der Waals surface area contributed by atoms with Crippen LogP contribution in [0.15, 0.2) is 53.1 Å². The summed E-state index contributed by atoms with van der Waals surface area (Å²) in [5.41, 5.74) is 6.95. The van der Waals surface area contributed by atoms with E-state index in [1.807, 2.05) is 12.1 Å². The lowest BCUT2D eigenvalue weighted by Crippen LogP contribution is -2.31. The standard InChI is InChI=1S/C21H17N2O/c1-13-5-9-18(23(4)12-13)20-14(2)6-8-16-17-11-15(22-3)7-10-19(17)24-21(16)20/h5-12H,1-2,4H3/q+1. The number of fused-ring (bicyclic) bond motifs is 3. The summed E-state index contributed by atoms with van der Waals surface area (Å²) < 4.78 is 8.32. The van der Waals surface area contributed by atoms with Crippen LogP contribution in [-0.2, 0) is 7.05 Å². The molecule has 116 valence electrons. The molecule has 24 heavy (non-hydrogen) atoms. The summed E-state index contributed by atoms with van der Waals surface area (Å²) in [6.07, 6.45) is 2.12. The molecule has 0 spiro atoms. The second kappa shape index (κ2) is 5.21. The number of pyridine rings is 1. The first-order valence-corrected chi connectivity index (χ1v) is 7.88. The molecule has 0 amide bonds. The van der Waals surface area contributed by atoms with Crippen LogP contribution < -0.4 is 4.57 Å². The second-order valence-electron chi connectivity index (χ2n) is 6.23. The average molecular weight is 313 g/mol. The molecule has 4 rings (SSSR count). The minimum absolute atomic E-state index is 0.633. The van der Waals surface area contributed by atoms with Gasteiger partial charge in [-0.2, -0.15) is 0 Å². The molecule has 0 aliphatic heterocycles. The molecule has 0 bridgehead atoms. The van der Waals surface area contributed by atoms with E-state index in [4.69, 9.17) is 11.0 Å². The van der Waals surface area contributed by atoms with Crippen molar-refractivity contribution in [1.29, 1.82) is 0 Å². The van der Waals surface area contributed by atoms with Crippen LogP contribution in [-0.4, -0.2) is 0 Å². The van der Waals surface area contributed by atoms with Crippen molar-refractivity contribution in [2.45, 2.75) is 13.8 Å². The van der Waals surface area contributed by atoms with E-state index in [2.05, 4.69) is 60.8 Å². The molecule has 0 saturated heterocycles. The van der Waals surface area contributed by atoms with Crippen LogP contribution >= 0.6 is 0 Å². The largest absolute Gasteiger partial charge is 0.455 e. The predicted octanol–water partition coefficient (Wildman–Crippen LogP) is 5.25. The molecule has 0 aliphatic carbocycles. The molecule has 0 aliphatic rings. The Morgan fingerprint density at radius 1 is 1.00 bits per heavy atom. The summed E-state index contributed by atoms with van der Waals surface area (Å²) in [6.45, 7) is 11.4. The molecule has 3 heteroatoms. The Labute approximate surface area is 140 Å². The number of furan rings is 1. The lowest BCUT2D eigenvalue weighted by molar-refractivity contribution is -0.660. The highest BCUT2D eigenvalue weighted by atomic mass is 16.3. The minimum atomic E-state index is 0.633. The molecule has 2 aromatic carbocycles. The van der Waals surface area contributed by atoms with Gasteiger partial charge in [0.2, 0.25) is 5.69 Å². The van der Waals surface area contributed by atoms with Gasteiger partial charge in [-0.15, -0.1) is 0 Å². The molecule has 3 nitrogen and oxygen atoms in total. The number of hydrogen-bond acceptors (Lipinski definition) is 1. The van der Waals surface area contributed by atoms with E-state index in [1.54, 1.807) is 6.07 Å². The molecule has 0 saturated carbocycles. The molecule has 0 unspecified atom stereocenters. The number of hydrogen-bond donors (Lipinski definition) is 0. The summed E-state index contributed by atoms with van der Waals surface area (Å²) in [7, 11) is 2.06. The number of rotatable bonds is 1. The zero-order chi connectivity index (χ0) is 16.8. The van der Waals surface area contributed by atoms with Gasteiger partial charge >= 0.3 is 0 Å². The van der Waals surface area contributed by atoms with Gasteiger partial charge in [-0.05, 0) is 37.6 Å². The first-order valence-electron chi connectivity index (χ1n) is 7.88. The van der Waals surface area contributed by atoms with Crippen LogP contribution in [0.3, 0.4) is 0 Å². The maximum Gasteiger partial charge on any atom is 0.216 e. The van der Waals surface area contributed by atoms with Crippen molar-refractivity contribution in [2.24, 2.45) is 7.05 Å². The number of benzene rings is 2. The van der Waals surface area contributed by atoms with Crippen LogP contribution in [0.4, 0.5) is 5.69 Å². The van der Waals surface area contributed by atoms with Gasteiger partial charge in [0.15, 0.2) is 11.9 Å². The second-order valence-corrected chi connectivity index (χ2v) is 6.23. The Morgan fingerprint density at radius 3 is 2.58 bits per heavy atom. The van der Waals surface area contributed by atoms with Crippen LogP contribution in [0.25, 0.3) is 38.0 Å². The van der Waals surface area contributed by atoms with Crippen LogP contribution in [0.5, 0.6) is 0 Å². The van der Waals surface area contributed by atoms with E-state index in [9.17, 15) is 0 Å². The van der Waals surface area contributed by atoms with Crippen molar-refractivity contribution >= 4 is 27.6 Å². The van der Waals surface area contributed by atoms with Gasteiger partial charge in [0.05, 0.1) is 12.1 Å². The van der Waals surface area contributed by atoms with E-state index < -0.39 is 0 Å². The summed E-state index contributed by atoms with van der Waals surface area (Å²) in [5, 5.41) is 2.05. The molecule has 0 radical (unpaired) electrons. The molecular formula is C21H17N2O+. The number of aromatic nitrogens is 1. The molecular weight excluding hydrogens is 296 g/mol. The Morgan fingerprint density at radius 2 is 1.83 bits per heavy atom. The molecule has 2 aromatic heterocycles. The van der Waals surface area contributed by atoms with E-state index in [1.165, 1.54) is 11.1 Å². The zero-order valence-corrected chi connectivity index (χ0v) is 13.9. The third kappa shape index (κ3) is 2.08. The third-order valence-corrected chi connectivity index (χ3v) is 4.50. The van der Waals surface area contributed by atoms with E-state index in [-0.39, 0.29) is 0 Å². The highest BCUT2D eigenvalue weighted by Gasteiger charge is 2.20. The summed E-state index contributed by atoms with van der Waals surface area (Å²) in [5.74, 6) is 0. The molecule has 4 aromatic rings. The quantitative estimate of drug-likeness (QED) is 0.347. The Hall–Kier alpha value is -3.12. The van der Waals surface area contributed by atoms with Crippen molar-refractivity contribution in [3.63, 3.8) is 0 Å². The van der Waals surface area contributed by atoms with Crippen molar-refractivity contribution < 1.29 is 8.98 Å². The zero-order valence-electron chi connectivity index (χ0n) is 13.9. The summed E-state index contributed by atoms with van der Waals surface area (Å²) in [4.78, 5) is 3.53. The van der Waals surface area contributed by atoms with E-state index >= 15 is 0 Å². The average Bonchev–Trinajstić information content (AvgIpc) is 2.93. The lowest BCUT2D eigenvalue weighted by atomic mass is 10.0. The maximum absolute atomic E-state index is 7.23. The maximum atomic E-state index is 7.23. The SMILES string of the molecule is [C-]#[N+]c1ccc2oc3c(-c4ccc(C)c[n+]4C)c(C)ccc3c2c1. The van der Waals surface area contributed by atoms with Gasteiger partial charge in [-0.3, -0.25) is 0 Å². The van der Waals surface area contributed by atoms with Gasteiger partial charge < -0.3 is 4.42 Å². The number of aryl methyl sites for hydroxylation is 3. The Kier molecular flexibility index (Phi) is 3.14. The van der Waals surface area contributed by atoms with Crippen molar-refractivity contribution in [2.75, 3.05) is 0 Å². The topological polar surface area (TPSA) is 21.4 Å². The van der Waals surface area contributed by atoms with E-state index in [0.717, 1.165) is 33.2 Å². The number of nitrogens with zero attached hydrogens (tertiary/aromatic N) is 2. The van der Waals surface area contributed by atoms with Gasteiger partial charge in [-0.1, -0.05) is 18.2 Å². The van der Waals surface area contributed by atoms with Crippen LogP contribution in [0.1, 0.15) is 11.1 Å². The summed E-state index contributed by atoms with van der Waals surface area (Å²) >= 11 is 0. The van der Waals surface area contributed by atoms with Crippen molar-refractivity contribution in [3.8, 4) is 11.3 Å². The van der Waals surface area contributed by atoms with Crippen LogP contribution in [0, 0.1) is 20.4 Å². The van der Waals surface area contributed by atoms with Crippen molar-refractivity contribution in [3.05, 3.63) is 71.2 Å². The van der Waals surface area contributed by atoms with Gasteiger partial charge in [0.25, 0.3) is 0 Å². The molecule has 0 N–H and O–H groups in total. The first kappa shape index (κ1) is 14.5. The Balaban J connectivity index is 2.12. The van der Waals surface area contributed by atoms with E-state index in [0.29, 0.717) is 5.69 Å². The highest BCUT2D eigenvalue weighted by molar-refractivity contribution is 6.10. The first-order chi connectivity index (χ1) is 11.6. The third-order valence-electron chi connectivity index (χ3n) is 4.50. The fourth-order valence-corrected chi connectivity index (χ4v) is 3.32. The molecule has 0 fully saturated rings. The normalized spacial score (nSPS) is 11.1. The smallest absolute Gasteiger partial charge is 0.216 e. The minimum Gasteiger partial charge on any atom is -0.455 e. The van der Waals surface area contributed by atoms with Gasteiger partial charge in [0, 0.05) is 22.4 Å².